The molecule has 0 radical (unpaired) electrons. The molecule has 2 aromatic carbocycles. The summed E-state index contributed by atoms with van der Waals surface area (Å²) in [4.78, 5) is 23.9. The topological polar surface area (TPSA) is 106 Å². The van der Waals surface area contributed by atoms with Crippen LogP contribution in [0.5, 0.6) is 5.75 Å². The van der Waals surface area contributed by atoms with Crippen molar-refractivity contribution in [3.63, 3.8) is 0 Å². The van der Waals surface area contributed by atoms with E-state index in [1.807, 2.05) is 30.3 Å². The van der Waals surface area contributed by atoms with Crippen molar-refractivity contribution < 1.29 is 14.3 Å². The molecule has 3 rings (SSSR count). The lowest BCUT2D eigenvalue weighted by Gasteiger charge is -2.03. The van der Waals surface area contributed by atoms with Gasteiger partial charge in [-0.15, -0.1) is 10.2 Å². The minimum Gasteiger partial charge on any atom is -0.490 e. The second-order valence-electron chi connectivity index (χ2n) is 5.60. The summed E-state index contributed by atoms with van der Waals surface area (Å²) < 4.78 is 5.42. The number of rotatable bonds is 7. The predicted molar refractivity (Wildman–Crippen MR) is 112 cm³/mol. The van der Waals surface area contributed by atoms with Gasteiger partial charge in [-0.1, -0.05) is 66.5 Å². The zero-order chi connectivity index (χ0) is 20.5. The van der Waals surface area contributed by atoms with Crippen LogP contribution in [0.2, 0.25) is 0 Å². The third kappa shape index (κ3) is 5.81. The Morgan fingerprint density at radius 1 is 1.10 bits per heavy atom. The van der Waals surface area contributed by atoms with Crippen molar-refractivity contribution in [1.29, 1.82) is 0 Å². The maximum atomic E-state index is 12.0. The number of anilines is 1. The summed E-state index contributed by atoms with van der Waals surface area (Å²) in [5.41, 5.74) is 3.74. The van der Waals surface area contributed by atoms with Gasteiger partial charge < -0.3 is 4.74 Å². The van der Waals surface area contributed by atoms with Gasteiger partial charge in [0.05, 0.1) is 6.21 Å². The van der Waals surface area contributed by atoms with Gasteiger partial charge in [-0.2, -0.15) is 5.10 Å². The zero-order valence-electron chi connectivity index (χ0n) is 15.2. The van der Waals surface area contributed by atoms with Crippen LogP contribution in [0.15, 0.2) is 72.4 Å². The monoisotopic (exact) mass is 407 g/mol. The molecule has 0 aliphatic heterocycles. The molecule has 2 amide bonds. The molecule has 0 saturated carbocycles. The highest BCUT2D eigenvalue weighted by Crippen LogP contribution is 2.25. The summed E-state index contributed by atoms with van der Waals surface area (Å²) in [6, 6.07) is 16.5. The van der Waals surface area contributed by atoms with E-state index in [9.17, 15) is 9.59 Å². The van der Waals surface area contributed by atoms with Crippen LogP contribution >= 0.6 is 11.3 Å². The average Bonchev–Trinajstić information content (AvgIpc) is 3.21. The molecule has 0 unspecified atom stereocenters. The lowest BCUT2D eigenvalue weighted by molar-refractivity contribution is -0.136. The molecule has 0 atom stereocenters. The summed E-state index contributed by atoms with van der Waals surface area (Å²) in [5.74, 6) is -1.17. The number of amides is 2. The molecule has 146 valence electrons. The highest BCUT2D eigenvalue weighted by Gasteiger charge is 2.16. The van der Waals surface area contributed by atoms with Crippen LogP contribution in [0.4, 0.5) is 5.13 Å². The van der Waals surface area contributed by atoms with Crippen molar-refractivity contribution in [2.45, 2.75) is 0 Å². The van der Waals surface area contributed by atoms with Gasteiger partial charge in [-0.05, 0) is 17.7 Å². The molecular weight excluding hydrogens is 390 g/mol. The largest absolute Gasteiger partial charge is 0.490 e. The highest BCUT2D eigenvalue weighted by atomic mass is 32.1. The fraction of sp³-hybridized carbons (Fsp3) is 0.0500. The Bertz CT molecular complexity index is 1030. The number of nitrogens with one attached hydrogen (secondary N) is 2. The molecule has 0 spiro atoms. The van der Waals surface area contributed by atoms with Crippen molar-refractivity contribution >= 4 is 34.5 Å². The molecule has 0 saturated heterocycles. The van der Waals surface area contributed by atoms with Crippen LogP contribution in [0, 0.1) is 0 Å². The minimum atomic E-state index is -0.920. The maximum absolute atomic E-state index is 12.0. The number of benzene rings is 2. The number of ether oxygens (including phenoxy) is 1. The number of aromatic nitrogens is 2. The number of hydrogen-bond donors (Lipinski definition) is 2. The van der Waals surface area contributed by atoms with E-state index in [2.05, 4.69) is 32.6 Å². The molecule has 2 N–H and O–H groups in total. The molecule has 1 aromatic heterocycles. The number of carbonyl (C=O) groups is 2. The number of hydrazone groups is 1. The second-order valence-corrected chi connectivity index (χ2v) is 6.58. The fourth-order valence-corrected chi connectivity index (χ4v) is 2.93. The van der Waals surface area contributed by atoms with Crippen LogP contribution < -0.4 is 15.5 Å². The minimum absolute atomic E-state index is 0.222. The fourth-order valence-electron chi connectivity index (χ4n) is 2.18. The number of carbonyl (C=O) groups excluding carboxylic acids is 2. The Kier molecular flexibility index (Phi) is 6.80. The predicted octanol–water partition coefficient (Wildman–Crippen LogP) is 2.86. The van der Waals surface area contributed by atoms with Gasteiger partial charge in [0.25, 0.3) is 0 Å². The Morgan fingerprint density at radius 2 is 1.93 bits per heavy atom. The van der Waals surface area contributed by atoms with E-state index in [0.29, 0.717) is 22.9 Å². The van der Waals surface area contributed by atoms with Crippen LogP contribution in [0.3, 0.4) is 0 Å². The van der Waals surface area contributed by atoms with Gasteiger partial charge in [-0.3, -0.25) is 14.9 Å². The molecular formula is C20H17N5O3S. The summed E-state index contributed by atoms with van der Waals surface area (Å²) in [6.07, 6.45) is 3.05. The molecule has 0 aliphatic carbocycles. The third-order valence-electron chi connectivity index (χ3n) is 3.48. The van der Waals surface area contributed by atoms with Gasteiger partial charge >= 0.3 is 11.8 Å². The van der Waals surface area contributed by atoms with E-state index in [4.69, 9.17) is 4.74 Å². The first-order chi connectivity index (χ1) is 14.2. The first kappa shape index (κ1) is 19.9. The maximum Gasteiger partial charge on any atom is 0.329 e. The quantitative estimate of drug-likeness (QED) is 0.271. The SMILES string of the molecule is C=CCOc1cccc(C=NNC(=O)C(=O)Nc2nnc(-c3ccccc3)s2)c1. The lowest BCUT2D eigenvalue weighted by Crippen LogP contribution is -2.32. The molecule has 8 nitrogen and oxygen atoms in total. The molecule has 1 heterocycles. The zero-order valence-corrected chi connectivity index (χ0v) is 16.1. The van der Waals surface area contributed by atoms with Crippen molar-refractivity contribution in [3.8, 4) is 16.3 Å². The smallest absolute Gasteiger partial charge is 0.329 e. The van der Waals surface area contributed by atoms with E-state index in [0.717, 1.165) is 5.56 Å². The van der Waals surface area contributed by atoms with Crippen LogP contribution in [-0.4, -0.2) is 34.8 Å². The van der Waals surface area contributed by atoms with E-state index in [-0.39, 0.29) is 5.13 Å². The van der Waals surface area contributed by atoms with Crippen molar-refractivity contribution in [2.24, 2.45) is 5.10 Å². The van der Waals surface area contributed by atoms with Crippen molar-refractivity contribution in [1.82, 2.24) is 15.6 Å². The lowest BCUT2D eigenvalue weighted by atomic mass is 10.2. The molecule has 3 aromatic rings. The van der Waals surface area contributed by atoms with E-state index < -0.39 is 11.8 Å². The molecule has 29 heavy (non-hydrogen) atoms. The van der Waals surface area contributed by atoms with Crippen LogP contribution in [0.25, 0.3) is 10.6 Å². The van der Waals surface area contributed by atoms with Gasteiger partial charge in [-0.25, -0.2) is 5.43 Å². The van der Waals surface area contributed by atoms with Gasteiger partial charge in [0.2, 0.25) is 5.13 Å². The molecule has 0 fully saturated rings. The molecule has 0 aliphatic rings. The van der Waals surface area contributed by atoms with Crippen LogP contribution in [0.1, 0.15) is 5.56 Å². The molecule has 9 heteroatoms. The van der Waals surface area contributed by atoms with Crippen molar-refractivity contribution in [2.75, 3.05) is 11.9 Å². The summed E-state index contributed by atoms with van der Waals surface area (Å²) in [7, 11) is 0. The summed E-state index contributed by atoms with van der Waals surface area (Å²) >= 11 is 1.17. The van der Waals surface area contributed by atoms with E-state index in [1.165, 1.54) is 17.6 Å². The van der Waals surface area contributed by atoms with Gasteiger partial charge in [0.15, 0.2) is 0 Å². The van der Waals surface area contributed by atoms with Gasteiger partial charge in [0.1, 0.15) is 17.4 Å². The highest BCUT2D eigenvalue weighted by molar-refractivity contribution is 7.18. The number of nitrogens with zero attached hydrogens (tertiary/aromatic N) is 3. The number of hydrogen-bond acceptors (Lipinski definition) is 7. The Morgan fingerprint density at radius 3 is 2.72 bits per heavy atom. The molecule has 0 bridgehead atoms. The first-order valence-corrected chi connectivity index (χ1v) is 9.34. The van der Waals surface area contributed by atoms with E-state index in [1.54, 1.807) is 30.3 Å². The van der Waals surface area contributed by atoms with Crippen molar-refractivity contribution in [3.05, 3.63) is 72.8 Å². The Balaban J connectivity index is 1.53. The van der Waals surface area contributed by atoms with Crippen LogP contribution in [-0.2, 0) is 9.59 Å². The third-order valence-corrected chi connectivity index (χ3v) is 4.37. The first-order valence-electron chi connectivity index (χ1n) is 8.53. The summed E-state index contributed by atoms with van der Waals surface area (Å²) in [6.45, 7) is 3.97. The normalized spacial score (nSPS) is 10.5. The average molecular weight is 407 g/mol. The second kappa shape index (κ2) is 9.90. The Hall–Kier alpha value is -3.85. The Labute approximate surface area is 170 Å². The standard InChI is InChI=1S/C20H17N5O3S/c1-2-11-28-16-10-6-7-14(12-16)13-21-23-18(27)17(26)22-20-25-24-19(29-20)15-8-4-3-5-9-15/h2-10,12-13H,1,11H2,(H,23,27)(H,22,25,26). The van der Waals surface area contributed by atoms with Gasteiger partial charge in [0, 0.05) is 5.56 Å². The summed E-state index contributed by atoms with van der Waals surface area (Å²) in [5, 5.41) is 14.9. The van der Waals surface area contributed by atoms with E-state index >= 15 is 0 Å².